The number of hydrogen-bond donors (Lipinski definition) is 0. The van der Waals surface area contributed by atoms with Gasteiger partial charge in [0.2, 0.25) is 5.91 Å². The van der Waals surface area contributed by atoms with Gasteiger partial charge in [0.1, 0.15) is 0 Å². The largest absolute Gasteiger partial charge is 0.344 e. The Bertz CT molecular complexity index is 578. The van der Waals surface area contributed by atoms with E-state index >= 15 is 0 Å². The van der Waals surface area contributed by atoms with Crippen LogP contribution < -0.4 is 5.56 Å². The highest BCUT2D eigenvalue weighted by atomic mass is 16.2. The average Bonchev–Trinajstić information content (AvgIpc) is 2.53. The number of likely N-dealkylation sites (N-methyl/N-ethyl adjacent to an activating group) is 1. The number of rotatable bonds is 3. The van der Waals surface area contributed by atoms with Crippen molar-refractivity contribution in [3.63, 3.8) is 0 Å². The fourth-order valence-corrected chi connectivity index (χ4v) is 3.59. The summed E-state index contributed by atoms with van der Waals surface area (Å²) in [5.41, 5.74) is 0.0153. The lowest BCUT2D eigenvalue weighted by Crippen LogP contribution is -2.53. The number of likely N-dealkylation sites (tertiary alicyclic amines) is 2. The molecule has 6 heteroatoms. The molecule has 120 valence electrons. The minimum atomic E-state index is 0.0153. The molecule has 1 amide bonds. The molecule has 2 saturated heterocycles. The molecule has 0 aliphatic carbocycles. The maximum atomic E-state index is 12.3. The Kier molecular flexibility index (Phi) is 4.57. The molecule has 1 atom stereocenters. The maximum absolute atomic E-state index is 12.3. The van der Waals surface area contributed by atoms with Crippen LogP contribution in [0.3, 0.4) is 0 Å². The summed E-state index contributed by atoms with van der Waals surface area (Å²) in [5, 5.41) is 0. The second kappa shape index (κ2) is 6.60. The van der Waals surface area contributed by atoms with Gasteiger partial charge in [-0.05, 0) is 44.7 Å². The maximum Gasteiger partial charge on any atom is 0.253 e. The number of nitrogens with zero attached hydrogens (tertiary/aromatic N) is 4. The van der Waals surface area contributed by atoms with Gasteiger partial charge in [0.25, 0.3) is 5.56 Å². The molecule has 6 nitrogen and oxygen atoms in total. The molecule has 1 unspecified atom stereocenters. The predicted octanol–water partition coefficient (Wildman–Crippen LogP) is 0.576. The lowest BCUT2D eigenvalue weighted by atomic mass is 9.93. The van der Waals surface area contributed by atoms with Gasteiger partial charge in [0.15, 0.2) is 0 Å². The molecule has 2 aliphatic heterocycles. The molecule has 3 heterocycles. The van der Waals surface area contributed by atoms with Crippen molar-refractivity contribution in [2.45, 2.75) is 38.3 Å². The van der Waals surface area contributed by atoms with Crippen molar-refractivity contribution in [2.75, 3.05) is 26.7 Å². The van der Waals surface area contributed by atoms with E-state index in [-0.39, 0.29) is 17.5 Å². The number of hydrogen-bond acceptors (Lipinski definition) is 4. The van der Waals surface area contributed by atoms with E-state index in [0.29, 0.717) is 5.92 Å². The Morgan fingerprint density at radius 3 is 2.68 bits per heavy atom. The van der Waals surface area contributed by atoms with Crippen molar-refractivity contribution in [3.05, 3.63) is 28.9 Å². The number of amides is 1. The number of piperidine rings is 2. The zero-order chi connectivity index (χ0) is 15.5. The van der Waals surface area contributed by atoms with E-state index in [4.69, 9.17) is 0 Å². The predicted molar refractivity (Wildman–Crippen MR) is 83.5 cm³/mol. The zero-order valence-corrected chi connectivity index (χ0v) is 13.1. The smallest absolute Gasteiger partial charge is 0.253 e. The van der Waals surface area contributed by atoms with Gasteiger partial charge in [-0.2, -0.15) is 0 Å². The van der Waals surface area contributed by atoms with Crippen molar-refractivity contribution in [1.82, 2.24) is 19.4 Å². The molecule has 2 aliphatic rings. The molecular formula is C16H24N4O2. The first-order valence-corrected chi connectivity index (χ1v) is 8.14. The van der Waals surface area contributed by atoms with Crippen LogP contribution in [-0.4, -0.2) is 58.0 Å². The first-order valence-electron chi connectivity index (χ1n) is 8.14. The lowest BCUT2D eigenvalue weighted by Gasteiger charge is -2.40. The average molecular weight is 304 g/mol. The van der Waals surface area contributed by atoms with Gasteiger partial charge in [0.05, 0.1) is 12.4 Å². The fourth-order valence-electron chi connectivity index (χ4n) is 3.59. The third-order valence-corrected chi connectivity index (χ3v) is 4.97. The van der Waals surface area contributed by atoms with E-state index in [2.05, 4.69) is 9.88 Å². The topological polar surface area (TPSA) is 58.4 Å². The molecular weight excluding hydrogens is 280 g/mol. The molecule has 0 radical (unpaired) electrons. The summed E-state index contributed by atoms with van der Waals surface area (Å²) in [4.78, 5) is 32.2. The summed E-state index contributed by atoms with van der Waals surface area (Å²) in [6.45, 7) is 3.52. The van der Waals surface area contributed by atoms with Crippen LogP contribution >= 0.6 is 0 Å². The Morgan fingerprint density at radius 2 is 1.95 bits per heavy atom. The van der Waals surface area contributed by atoms with Gasteiger partial charge in [0, 0.05) is 32.4 Å². The first kappa shape index (κ1) is 15.2. The molecule has 1 aromatic rings. The minimum absolute atomic E-state index is 0.0153. The van der Waals surface area contributed by atoms with Crippen LogP contribution in [0.4, 0.5) is 0 Å². The van der Waals surface area contributed by atoms with Crippen LogP contribution in [-0.2, 0) is 11.3 Å². The van der Waals surface area contributed by atoms with Gasteiger partial charge in [-0.1, -0.05) is 0 Å². The van der Waals surface area contributed by atoms with E-state index < -0.39 is 0 Å². The van der Waals surface area contributed by atoms with Gasteiger partial charge in [-0.3, -0.25) is 19.1 Å². The lowest BCUT2D eigenvalue weighted by molar-refractivity contribution is -0.139. The molecule has 0 N–H and O–H groups in total. The molecule has 2 fully saturated rings. The standard InChI is InChI=1S/C16H24N4O2/c1-18-8-2-3-14(16(18)22)19-9-5-13(6-10-19)11-20-12-17-7-4-15(20)21/h4,7,12-14H,2-3,5-6,8-11H2,1H3. The van der Waals surface area contributed by atoms with E-state index in [9.17, 15) is 9.59 Å². The molecule has 3 rings (SSSR count). The molecule has 1 aromatic heterocycles. The quantitative estimate of drug-likeness (QED) is 0.819. The summed E-state index contributed by atoms with van der Waals surface area (Å²) in [5.74, 6) is 0.766. The molecule has 0 saturated carbocycles. The molecule has 0 bridgehead atoms. The first-order chi connectivity index (χ1) is 10.6. The number of carbonyl (C=O) groups excluding carboxylic acids is 1. The highest BCUT2D eigenvalue weighted by Gasteiger charge is 2.33. The van der Waals surface area contributed by atoms with Crippen molar-refractivity contribution >= 4 is 5.91 Å². The fraction of sp³-hybridized carbons (Fsp3) is 0.688. The van der Waals surface area contributed by atoms with Crippen LogP contribution in [0, 0.1) is 5.92 Å². The van der Waals surface area contributed by atoms with Crippen LogP contribution in [0.15, 0.2) is 23.4 Å². The van der Waals surface area contributed by atoms with Crippen molar-refractivity contribution in [3.8, 4) is 0 Å². The Morgan fingerprint density at radius 1 is 1.18 bits per heavy atom. The van der Waals surface area contributed by atoms with E-state index in [0.717, 1.165) is 51.9 Å². The van der Waals surface area contributed by atoms with E-state index in [1.807, 2.05) is 11.9 Å². The zero-order valence-electron chi connectivity index (χ0n) is 13.1. The van der Waals surface area contributed by atoms with E-state index in [1.54, 1.807) is 10.9 Å². The van der Waals surface area contributed by atoms with Gasteiger partial charge in [-0.15, -0.1) is 0 Å². The van der Waals surface area contributed by atoms with Crippen LogP contribution in [0.5, 0.6) is 0 Å². The highest BCUT2D eigenvalue weighted by Crippen LogP contribution is 2.24. The van der Waals surface area contributed by atoms with E-state index in [1.165, 1.54) is 12.3 Å². The molecule has 22 heavy (non-hydrogen) atoms. The van der Waals surface area contributed by atoms with Gasteiger partial charge in [-0.25, -0.2) is 4.98 Å². The highest BCUT2D eigenvalue weighted by molar-refractivity contribution is 5.82. The minimum Gasteiger partial charge on any atom is -0.344 e. The van der Waals surface area contributed by atoms with Crippen molar-refractivity contribution in [1.29, 1.82) is 0 Å². The SMILES string of the molecule is CN1CCCC(N2CCC(Cn3cnccc3=O)CC2)C1=O. The second-order valence-electron chi connectivity index (χ2n) is 6.47. The summed E-state index contributed by atoms with van der Waals surface area (Å²) in [7, 11) is 1.90. The summed E-state index contributed by atoms with van der Waals surface area (Å²) in [6, 6.07) is 1.58. The van der Waals surface area contributed by atoms with Crippen LogP contribution in [0.2, 0.25) is 0 Å². The van der Waals surface area contributed by atoms with Crippen molar-refractivity contribution in [2.24, 2.45) is 5.92 Å². The number of carbonyl (C=O) groups is 1. The molecule has 0 spiro atoms. The third-order valence-electron chi connectivity index (χ3n) is 4.97. The Hall–Kier alpha value is -1.69. The Labute approximate surface area is 130 Å². The number of aromatic nitrogens is 2. The van der Waals surface area contributed by atoms with Crippen molar-refractivity contribution < 1.29 is 4.79 Å². The normalized spacial score (nSPS) is 24.7. The second-order valence-corrected chi connectivity index (χ2v) is 6.47. The monoisotopic (exact) mass is 304 g/mol. The summed E-state index contributed by atoms with van der Waals surface area (Å²) in [6.07, 6.45) is 7.30. The summed E-state index contributed by atoms with van der Waals surface area (Å²) < 4.78 is 1.69. The molecule has 0 aromatic carbocycles. The third kappa shape index (κ3) is 3.21. The van der Waals surface area contributed by atoms with Gasteiger partial charge >= 0.3 is 0 Å². The Balaban J connectivity index is 1.55. The van der Waals surface area contributed by atoms with Gasteiger partial charge < -0.3 is 4.90 Å². The van der Waals surface area contributed by atoms with Crippen LogP contribution in [0.1, 0.15) is 25.7 Å². The van der Waals surface area contributed by atoms with Crippen LogP contribution in [0.25, 0.3) is 0 Å². The summed E-state index contributed by atoms with van der Waals surface area (Å²) >= 11 is 0.